The fourth-order valence-corrected chi connectivity index (χ4v) is 0.787. The Bertz CT molecular complexity index is 363. The van der Waals surface area contributed by atoms with E-state index in [0.29, 0.717) is 0 Å². The number of rotatable bonds is 4. The minimum Gasteiger partial charge on any atom is -0.478 e. The SMILES string of the molecule is O=C(O)c1ccccc1OO[N+](=O)[O-]. The van der Waals surface area contributed by atoms with Crippen LogP contribution >= 0.6 is 0 Å². The molecule has 1 rings (SSSR count). The summed E-state index contributed by atoms with van der Waals surface area (Å²) in [4.78, 5) is 28.1. The molecule has 0 amide bonds. The summed E-state index contributed by atoms with van der Waals surface area (Å²) in [6.45, 7) is 0. The molecule has 1 aromatic rings. The first-order valence-electron chi connectivity index (χ1n) is 3.42. The Hall–Kier alpha value is -2.31. The van der Waals surface area contributed by atoms with Crippen molar-refractivity contribution in [1.29, 1.82) is 0 Å². The Morgan fingerprint density at radius 2 is 2.07 bits per heavy atom. The van der Waals surface area contributed by atoms with Crippen LogP contribution in [0.5, 0.6) is 5.75 Å². The second-order valence-corrected chi connectivity index (χ2v) is 2.18. The first kappa shape index (κ1) is 9.78. The molecule has 1 aromatic carbocycles. The van der Waals surface area contributed by atoms with E-state index in [1.54, 1.807) is 0 Å². The summed E-state index contributed by atoms with van der Waals surface area (Å²) in [5, 5.41) is 17.2. The monoisotopic (exact) mass is 199 g/mol. The minimum absolute atomic E-state index is 0.214. The molecular weight excluding hydrogens is 194 g/mol. The summed E-state index contributed by atoms with van der Waals surface area (Å²) in [6, 6.07) is 5.40. The number of hydrogen-bond acceptors (Lipinski definition) is 5. The highest BCUT2D eigenvalue weighted by Gasteiger charge is 2.11. The lowest BCUT2D eigenvalue weighted by atomic mass is 10.2. The molecule has 0 saturated heterocycles. The van der Waals surface area contributed by atoms with Gasteiger partial charge in [0.05, 0.1) is 0 Å². The molecule has 7 nitrogen and oxygen atoms in total. The molecule has 0 radical (unpaired) electrons. The van der Waals surface area contributed by atoms with Gasteiger partial charge in [-0.05, 0) is 12.1 Å². The van der Waals surface area contributed by atoms with Crippen molar-refractivity contribution < 1.29 is 24.9 Å². The van der Waals surface area contributed by atoms with Crippen molar-refractivity contribution in [2.75, 3.05) is 0 Å². The van der Waals surface area contributed by atoms with E-state index in [0.717, 1.165) is 0 Å². The van der Waals surface area contributed by atoms with Crippen molar-refractivity contribution >= 4 is 5.97 Å². The van der Waals surface area contributed by atoms with E-state index < -0.39 is 11.1 Å². The maximum atomic E-state index is 10.6. The number of para-hydroxylation sites is 1. The van der Waals surface area contributed by atoms with Gasteiger partial charge in [0, 0.05) is 0 Å². The predicted molar refractivity (Wildman–Crippen MR) is 42.1 cm³/mol. The molecule has 74 valence electrons. The summed E-state index contributed by atoms with van der Waals surface area (Å²) in [7, 11) is 0. The first-order valence-corrected chi connectivity index (χ1v) is 3.42. The summed E-state index contributed by atoms with van der Waals surface area (Å²) in [5.41, 5.74) is -0.214. The summed E-state index contributed by atoms with van der Waals surface area (Å²) in [5.74, 6) is -1.48. The molecule has 0 bridgehead atoms. The number of carboxylic acid groups (broad SMARTS) is 1. The molecule has 0 aliphatic rings. The van der Waals surface area contributed by atoms with Gasteiger partial charge in [0.1, 0.15) is 5.56 Å². The normalized spacial score (nSPS) is 9.14. The van der Waals surface area contributed by atoms with E-state index >= 15 is 0 Å². The number of carbonyl (C=O) groups is 1. The van der Waals surface area contributed by atoms with Crippen molar-refractivity contribution in [2.45, 2.75) is 0 Å². The van der Waals surface area contributed by atoms with Crippen LogP contribution in [0.25, 0.3) is 0 Å². The van der Waals surface area contributed by atoms with Gasteiger partial charge in [-0.25, -0.2) is 4.79 Å². The first-order chi connectivity index (χ1) is 6.61. The van der Waals surface area contributed by atoms with Crippen LogP contribution in [0.4, 0.5) is 0 Å². The van der Waals surface area contributed by atoms with Gasteiger partial charge in [0.2, 0.25) is 0 Å². The quantitative estimate of drug-likeness (QED) is 0.439. The Morgan fingerprint density at radius 1 is 1.43 bits per heavy atom. The van der Waals surface area contributed by atoms with Gasteiger partial charge in [0.15, 0.2) is 5.75 Å². The number of benzene rings is 1. The zero-order chi connectivity index (χ0) is 10.6. The Labute approximate surface area is 77.5 Å². The fraction of sp³-hybridized carbons (Fsp3) is 0. The van der Waals surface area contributed by atoms with Gasteiger partial charge in [-0.1, -0.05) is 17.1 Å². The highest BCUT2D eigenvalue weighted by Crippen LogP contribution is 2.17. The maximum Gasteiger partial charge on any atom is 0.339 e. The number of nitrogens with zero attached hydrogens (tertiary/aromatic N) is 1. The van der Waals surface area contributed by atoms with Crippen molar-refractivity contribution in [1.82, 2.24) is 0 Å². The topological polar surface area (TPSA) is 98.9 Å². The molecule has 7 heteroatoms. The molecule has 0 saturated carbocycles. The van der Waals surface area contributed by atoms with E-state index in [4.69, 9.17) is 5.11 Å². The van der Waals surface area contributed by atoms with E-state index in [1.165, 1.54) is 24.3 Å². The third-order valence-corrected chi connectivity index (χ3v) is 1.31. The van der Waals surface area contributed by atoms with Gasteiger partial charge in [-0.3, -0.25) is 4.89 Å². The second-order valence-electron chi connectivity index (χ2n) is 2.18. The zero-order valence-electron chi connectivity index (χ0n) is 6.75. The second kappa shape index (κ2) is 4.08. The van der Waals surface area contributed by atoms with Crippen LogP contribution in [0.1, 0.15) is 10.4 Å². The molecule has 0 spiro atoms. The predicted octanol–water partition coefficient (Wildman–Crippen LogP) is 0.887. The zero-order valence-corrected chi connectivity index (χ0v) is 6.75. The van der Waals surface area contributed by atoms with Crippen molar-refractivity contribution in [3.05, 3.63) is 39.9 Å². The van der Waals surface area contributed by atoms with Gasteiger partial charge in [-0.2, -0.15) is 0 Å². The van der Waals surface area contributed by atoms with Gasteiger partial charge in [0.25, 0.3) is 0 Å². The maximum absolute atomic E-state index is 10.6. The molecule has 14 heavy (non-hydrogen) atoms. The van der Waals surface area contributed by atoms with Crippen LogP contribution in [0, 0.1) is 10.1 Å². The van der Waals surface area contributed by atoms with Crippen molar-refractivity contribution in [3.8, 4) is 5.75 Å². The van der Waals surface area contributed by atoms with Crippen LogP contribution in [0.3, 0.4) is 0 Å². The van der Waals surface area contributed by atoms with Crippen LogP contribution in [0.2, 0.25) is 0 Å². The van der Waals surface area contributed by atoms with E-state index in [9.17, 15) is 14.9 Å². The molecule has 0 aliphatic heterocycles. The molecule has 0 aromatic heterocycles. The number of carboxylic acids is 1. The van der Waals surface area contributed by atoms with Gasteiger partial charge >= 0.3 is 11.1 Å². The summed E-state index contributed by atoms with van der Waals surface area (Å²) >= 11 is 0. The van der Waals surface area contributed by atoms with Gasteiger partial charge in [-0.15, -0.1) is 10.1 Å². The lowest BCUT2D eigenvalue weighted by Crippen LogP contribution is -2.08. The fourth-order valence-electron chi connectivity index (χ4n) is 0.787. The van der Waals surface area contributed by atoms with Crippen LogP contribution in [0.15, 0.2) is 24.3 Å². The highest BCUT2D eigenvalue weighted by molar-refractivity contribution is 5.90. The Morgan fingerprint density at radius 3 is 2.64 bits per heavy atom. The van der Waals surface area contributed by atoms with Crippen molar-refractivity contribution in [2.24, 2.45) is 0 Å². The van der Waals surface area contributed by atoms with Gasteiger partial charge < -0.3 is 5.11 Å². The third-order valence-electron chi connectivity index (χ3n) is 1.31. The lowest BCUT2D eigenvalue weighted by Gasteiger charge is -2.02. The molecule has 0 heterocycles. The largest absolute Gasteiger partial charge is 0.478 e. The molecule has 0 fully saturated rings. The highest BCUT2D eigenvalue weighted by atomic mass is 17.3. The lowest BCUT2D eigenvalue weighted by molar-refractivity contribution is -0.832. The molecule has 0 unspecified atom stereocenters. The number of hydrogen-bond donors (Lipinski definition) is 1. The summed E-state index contributed by atoms with van der Waals surface area (Å²) < 4.78 is 0. The van der Waals surface area contributed by atoms with E-state index in [-0.39, 0.29) is 11.3 Å². The smallest absolute Gasteiger partial charge is 0.339 e. The molecule has 0 atom stereocenters. The summed E-state index contributed by atoms with van der Waals surface area (Å²) in [6.07, 6.45) is 0. The van der Waals surface area contributed by atoms with Crippen LogP contribution in [-0.2, 0) is 4.99 Å². The van der Waals surface area contributed by atoms with Crippen LogP contribution in [-0.4, -0.2) is 16.2 Å². The van der Waals surface area contributed by atoms with Crippen LogP contribution < -0.4 is 4.89 Å². The van der Waals surface area contributed by atoms with Crippen molar-refractivity contribution in [3.63, 3.8) is 0 Å². The molecular formula is C7H5NO6. The Balaban J connectivity index is 2.84. The molecule has 0 aliphatic carbocycles. The number of aromatic carboxylic acids is 1. The Kier molecular flexibility index (Phi) is 2.85. The van der Waals surface area contributed by atoms with E-state index in [2.05, 4.69) is 9.88 Å². The molecule has 1 N–H and O–H groups in total. The average Bonchev–Trinajstić information content (AvgIpc) is 2.15. The standard InChI is InChI=1S/C7H5NO6/c9-7(10)5-3-1-2-4-6(5)13-14-8(11)12/h1-4H,(H,9,10). The van der Waals surface area contributed by atoms with E-state index in [1.807, 2.05) is 0 Å². The average molecular weight is 199 g/mol. The third kappa shape index (κ3) is 2.34. The minimum atomic E-state index is -1.26.